The number of nitrogens with zero attached hydrogens (tertiary/aromatic N) is 3. The largest absolute Gasteiger partial charge is 0.392 e. The number of β-amino-alcohol motifs (C(OH)–C–C–N with tert-alkyl or cyclic N) is 1. The topological polar surface area (TPSA) is 41.3 Å². The molecule has 2 heterocycles. The standard InChI is InChI=1S/C10H17N3O/c1-2-13-8-11-5-9(13)6-12-4-3-10(14)7-12/h5,8,10,14H,2-4,6-7H2,1H3/t10-/m0/s1. The smallest absolute Gasteiger partial charge is 0.0948 e. The number of aromatic nitrogens is 2. The molecule has 1 aromatic heterocycles. The van der Waals surface area contributed by atoms with Crippen molar-refractivity contribution in [3.63, 3.8) is 0 Å². The molecule has 1 aliphatic heterocycles. The number of rotatable bonds is 3. The molecule has 0 amide bonds. The quantitative estimate of drug-likeness (QED) is 0.762. The molecule has 0 spiro atoms. The molecular weight excluding hydrogens is 178 g/mol. The fraction of sp³-hybridized carbons (Fsp3) is 0.700. The van der Waals surface area contributed by atoms with Crippen molar-refractivity contribution in [1.82, 2.24) is 14.5 Å². The minimum absolute atomic E-state index is 0.131. The van der Waals surface area contributed by atoms with Crippen LogP contribution in [0.5, 0.6) is 0 Å². The third kappa shape index (κ3) is 1.96. The van der Waals surface area contributed by atoms with E-state index in [-0.39, 0.29) is 6.10 Å². The van der Waals surface area contributed by atoms with E-state index >= 15 is 0 Å². The van der Waals surface area contributed by atoms with Crippen molar-refractivity contribution in [2.24, 2.45) is 0 Å². The molecule has 0 unspecified atom stereocenters. The number of hydrogen-bond acceptors (Lipinski definition) is 3. The highest BCUT2D eigenvalue weighted by atomic mass is 16.3. The number of aliphatic hydroxyl groups excluding tert-OH is 1. The maximum Gasteiger partial charge on any atom is 0.0948 e. The number of imidazole rings is 1. The van der Waals surface area contributed by atoms with Crippen LogP contribution in [0.1, 0.15) is 19.0 Å². The van der Waals surface area contributed by atoms with Gasteiger partial charge in [0.05, 0.1) is 18.1 Å². The maximum atomic E-state index is 9.39. The van der Waals surface area contributed by atoms with Crippen LogP contribution in [0.3, 0.4) is 0 Å². The lowest BCUT2D eigenvalue weighted by molar-refractivity contribution is 0.174. The van der Waals surface area contributed by atoms with E-state index in [1.807, 2.05) is 12.5 Å². The summed E-state index contributed by atoms with van der Waals surface area (Å²) in [5.41, 5.74) is 1.24. The third-order valence-corrected chi connectivity index (χ3v) is 2.77. The predicted octanol–water partition coefficient (Wildman–Crippen LogP) is 0.470. The van der Waals surface area contributed by atoms with Crippen LogP contribution in [0.25, 0.3) is 0 Å². The molecule has 0 bridgehead atoms. The lowest BCUT2D eigenvalue weighted by Crippen LogP contribution is -2.22. The van der Waals surface area contributed by atoms with Gasteiger partial charge in [0.25, 0.3) is 0 Å². The Hall–Kier alpha value is -0.870. The van der Waals surface area contributed by atoms with Gasteiger partial charge < -0.3 is 9.67 Å². The average molecular weight is 195 g/mol. The van der Waals surface area contributed by atoms with Gasteiger partial charge in [-0.15, -0.1) is 0 Å². The van der Waals surface area contributed by atoms with Crippen LogP contribution in [-0.4, -0.2) is 38.8 Å². The fourth-order valence-electron chi connectivity index (χ4n) is 1.95. The Labute approximate surface area is 84.2 Å². The number of hydrogen-bond donors (Lipinski definition) is 1. The first-order chi connectivity index (χ1) is 6.79. The van der Waals surface area contributed by atoms with Crippen LogP contribution in [0, 0.1) is 0 Å². The molecule has 4 heteroatoms. The van der Waals surface area contributed by atoms with Crippen LogP contribution in [0.2, 0.25) is 0 Å². The van der Waals surface area contributed by atoms with Crippen molar-refractivity contribution >= 4 is 0 Å². The molecule has 0 saturated carbocycles. The molecular formula is C10H17N3O. The van der Waals surface area contributed by atoms with Crippen LogP contribution in [-0.2, 0) is 13.1 Å². The molecule has 1 N–H and O–H groups in total. The van der Waals surface area contributed by atoms with E-state index in [9.17, 15) is 5.11 Å². The zero-order chi connectivity index (χ0) is 9.97. The summed E-state index contributed by atoms with van der Waals surface area (Å²) in [4.78, 5) is 6.40. The van der Waals surface area contributed by atoms with E-state index in [4.69, 9.17) is 0 Å². The monoisotopic (exact) mass is 195 g/mol. The predicted molar refractivity (Wildman–Crippen MR) is 53.8 cm³/mol. The molecule has 4 nitrogen and oxygen atoms in total. The Kier molecular flexibility index (Phi) is 2.84. The van der Waals surface area contributed by atoms with E-state index < -0.39 is 0 Å². The first-order valence-electron chi connectivity index (χ1n) is 5.19. The number of likely N-dealkylation sites (tertiary alicyclic amines) is 1. The molecule has 2 rings (SSSR count). The highest BCUT2D eigenvalue weighted by molar-refractivity contribution is 4.99. The van der Waals surface area contributed by atoms with Gasteiger partial charge in [0, 0.05) is 32.4 Å². The molecule has 0 radical (unpaired) electrons. The van der Waals surface area contributed by atoms with Gasteiger partial charge in [-0.2, -0.15) is 0 Å². The normalized spacial score (nSPS) is 23.1. The molecule has 78 valence electrons. The van der Waals surface area contributed by atoms with Crippen molar-refractivity contribution in [2.45, 2.75) is 32.5 Å². The van der Waals surface area contributed by atoms with E-state index in [0.717, 1.165) is 32.6 Å². The first-order valence-corrected chi connectivity index (χ1v) is 5.19. The zero-order valence-corrected chi connectivity index (χ0v) is 8.56. The minimum Gasteiger partial charge on any atom is -0.392 e. The van der Waals surface area contributed by atoms with Gasteiger partial charge in [-0.25, -0.2) is 4.98 Å². The summed E-state index contributed by atoms with van der Waals surface area (Å²) in [7, 11) is 0. The van der Waals surface area contributed by atoms with Crippen LogP contribution in [0.4, 0.5) is 0 Å². The molecule has 0 aromatic carbocycles. The van der Waals surface area contributed by atoms with Gasteiger partial charge in [0.15, 0.2) is 0 Å². The Morgan fingerprint density at radius 2 is 2.50 bits per heavy atom. The summed E-state index contributed by atoms with van der Waals surface area (Å²) in [6.07, 6.45) is 4.55. The van der Waals surface area contributed by atoms with Gasteiger partial charge in [-0.3, -0.25) is 4.90 Å². The van der Waals surface area contributed by atoms with Gasteiger partial charge in [0.2, 0.25) is 0 Å². The molecule has 14 heavy (non-hydrogen) atoms. The van der Waals surface area contributed by atoms with Crippen molar-refractivity contribution in [3.05, 3.63) is 18.2 Å². The van der Waals surface area contributed by atoms with Gasteiger partial charge in [-0.1, -0.05) is 0 Å². The first kappa shape index (κ1) is 9.68. The second kappa shape index (κ2) is 4.11. The van der Waals surface area contributed by atoms with E-state index in [1.54, 1.807) is 0 Å². The van der Waals surface area contributed by atoms with Crippen molar-refractivity contribution in [1.29, 1.82) is 0 Å². The Morgan fingerprint density at radius 1 is 1.64 bits per heavy atom. The minimum atomic E-state index is -0.131. The summed E-state index contributed by atoms with van der Waals surface area (Å²) in [5.74, 6) is 0. The summed E-state index contributed by atoms with van der Waals surface area (Å²) >= 11 is 0. The SMILES string of the molecule is CCn1cncc1CN1CC[C@H](O)C1. The number of aliphatic hydroxyl groups is 1. The van der Waals surface area contributed by atoms with Crippen LogP contribution < -0.4 is 0 Å². The second-order valence-electron chi connectivity index (χ2n) is 3.85. The molecule has 1 aromatic rings. The van der Waals surface area contributed by atoms with Crippen molar-refractivity contribution < 1.29 is 5.11 Å². The van der Waals surface area contributed by atoms with E-state index in [2.05, 4.69) is 21.4 Å². The average Bonchev–Trinajstić information content (AvgIpc) is 2.76. The lowest BCUT2D eigenvalue weighted by atomic mass is 10.3. The van der Waals surface area contributed by atoms with Crippen molar-refractivity contribution in [3.8, 4) is 0 Å². The van der Waals surface area contributed by atoms with E-state index in [1.165, 1.54) is 5.69 Å². The van der Waals surface area contributed by atoms with Gasteiger partial charge >= 0.3 is 0 Å². The summed E-state index contributed by atoms with van der Waals surface area (Å²) < 4.78 is 2.14. The Balaban J connectivity index is 1.97. The summed E-state index contributed by atoms with van der Waals surface area (Å²) in [6.45, 7) is 5.78. The zero-order valence-electron chi connectivity index (χ0n) is 8.56. The van der Waals surface area contributed by atoms with Crippen LogP contribution in [0.15, 0.2) is 12.5 Å². The third-order valence-electron chi connectivity index (χ3n) is 2.77. The lowest BCUT2D eigenvalue weighted by Gasteiger charge is -2.15. The molecule has 1 fully saturated rings. The van der Waals surface area contributed by atoms with Gasteiger partial charge in [0.1, 0.15) is 0 Å². The Bertz CT molecular complexity index is 297. The number of aryl methyl sites for hydroxylation is 1. The summed E-state index contributed by atoms with van der Waals surface area (Å²) in [5, 5.41) is 9.39. The Morgan fingerprint density at radius 3 is 3.14 bits per heavy atom. The van der Waals surface area contributed by atoms with Gasteiger partial charge in [-0.05, 0) is 13.3 Å². The molecule has 1 aliphatic rings. The van der Waals surface area contributed by atoms with Crippen molar-refractivity contribution in [2.75, 3.05) is 13.1 Å². The highest BCUT2D eigenvalue weighted by Gasteiger charge is 2.20. The molecule has 1 atom stereocenters. The maximum absolute atomic E-state index is 9.39. The highest BCUT2D eigenvalue weighted by Crippen LogP contribution is 2.12. The molecule has 1 saturated heterocycles. The molecule has 0 aliphatic carbocycles. The fourth-order valence-corrected chi connectivity index (χ4v) is 1.95. The van der Waals surface area contributed by atoms with Crippen LogP contribution >= 0.6 is 0 Å². The summed E-state index contributed by atoms with van der Waals surface area (Å²) in [6, 6.07) is 0. The second-order valence-corrected chi connectivity index (χ2v) is 3.85. The van der Waals surface area contributed by atoms with E-state index in [0.29, 0.717) is 0 Å².